The Balaban J connectivity index is 0.000000142. The van der Waals surface area contributed by atoms with Crippen molar-refractivity contribution in [1.29, 1.82) is 0 Å². The maximum absolute atomic E-state index is 12.9. The summed E-state index contributed by atoms with van der Waals surface area (Å²) in [4.78, 5) is 75.3. The van der Waals surface area contributed by atoms with Crippen molar-refractivity contribution in [2.45, 2.75) is 104 Å². The molecule has 0 aliphatic heterocycles. The number of carboxylic acid groups (broad SMARTS) is 2. The van der Waals surface area contributed by atoms with Crippen LogP contribution < -0.4 is 51.0 Å². The Labute approximate surface area is 523 Å². The van der Waals surface area contributed by atoms with Crippen molar-refractivity contribution in [2.24, 2.45) is 16.7 Å². The first-order valence-electron chi connectivity index (χ1n) is 29.7. The number of pyridine rings is 3. The summed E-state index contributed by atoms with van der Waals surface area (Å²) < 4.78 is 25.4. The van der Waals surface area contributed by atoms with Crippen molar-refractivity contribution in [3.8, 4) is 17.6 Å². The molecule has 9 heterocycles. The molecule has 478 valence electrons. The molecule has 0 radical (unpaired) electrons. The van der Waals surface area contributed by atoms with E-state index in [1.807, 2.05) is 18.2 Å². The van der Waals surface area contributed by atoms with E-state index in [9.17, 15) is 29.4 Å². The summed E-state index contributed by atoms with van der Waals surface area (Å²) in [6, 6.07) is 16.0. The molecular weight excluding hydrogens is 1170 g/mol. The first kappa shape index (κ1) is 63.4. The predicted octanol–water partition coefficient (Wildman–Crippen LogP) is 10.1. The van der Waals surface area contributed by atoms with Gasteiger partial charge in [0.2, 0.25) is 17.6 Å². The third kappa shape index (κ3) is 14.0. The van der Waals surface area contributed by atoms with Gasteiger partial charge in [-0.15, -0.1) is 0 Å². The topological polar surface area (TPSA) is 350 Å². The van der Waals surface area contributed by atoms with Crippen molar-refractivity contribution in [3.05, 3.63) is 108 Å². The lowest BCUT2D eigenvalue weighted by Gasteiger charge is -2.54. The molecule has 2 spiro atoms. The average Bonchev–Trinajstić information content (AvgIpc) is 1.77. The zero-order valence-corrected chi connectivity index (χ0v) is 52.4. The van der Waals surface area contributed by atoms with E-state index in [0.29, 0.717) is 74.6 Å². The second kappa shape index (κ2) is 26.6. The number of carbonyl (C=O) groups is 4. The Hall–Kier alpha value is -10.6. The molecule has 0 atom stereocenters. The van der Waals surface area contributed by atoms with Crippen LogP contribution in [-0.4, -0.2) is 147 Å². The van der Waals surface area contributed by atoms with Gasteiger partial charge in [0.1, 0.15) is 74.3 Å². The van der Waals surface area contributed by atoms with E-state index >= 15 is 0 Å². The SMILES string of the molecule is CC1CC2(CCC2)C1.CNc1cc(Nc2cccnc2OC)nc2c(C(=O)NC3CC4(CCC4)C3)cnn12.CNc1cc(Nc2cccnc2OC)nc2c(C(=O)O)cnn12.COc1ncccc1Nc1cc(N(C)C(=O)OC(C)(C)C)n2ncc(C(=O)O)c2n1. The number of carboxylic acids is 2. The van der Waals surface area contributed by atoms with Gasteiger partial charge in [-0.05, 0) is 125 Å². The number of aromatic carboxylic acids is 2. The summed E-state index contributed by atoms with van der Waals surface area (Å²) in [7, 11) is 9.58. The Morgan fingerprint density at radius 1 is 0.593 bits per heavy atom. The van der Waals surface area contributed by atoms with Gasteiger partial charge in [0.25, 0.3) is 5.91 Å². The number of nitrogens with zero attached hydrogens (tertiary/aromatic N) is 13. The van der Waals surface area contributed by atoms with Crippen LogP contribution >= 0.6 is 0 Å². The molecule has 9 aromatic rings. The molecule has 8 N–H and O–H groups in total. The second-order valence-corrected chi connectivity index (χ2v) is 23.9. The zero-order chi connectivity index (χ0) is 64.8. The lowest BCUT2D eigenvalue weighted by Crippen LogP contribution is -2.53. The van der Waals surface area contributed by atoms with Gasteiger partial charge >= 0.3 is 18.0 Å². The van der Waals surface area contributed by atoms with Gasteiger partial charge in [0.15, 0.2) is 16.9 Å². The van der Waals surface area contributed by atoms with Crippen LogP contribution in [0.5, 0.6) is 17.6 Å². The molecule has 0 saturated heterocycles. The fraction of sp³-hybridized carbons (Fsp3) is 0.403. The Morgan fingerprint density at radius 2 is 0.989 bits per heavy atom. The predicted molar refractivity (Wildman–Crippen MR) is 340 cm³/mol. The number of aromatic nitrogens is 12. The number of rotatable bonds is 16. The van der Waals surface area contributed by atoms with Gasteiger partial charge in [-0.3, -0.25) is 9.69 Å². The lowest BCUT2D eigenvalue weighted by atomic mass is 9.52. The zero-order valence-electron chi connectivity index (χ0n) is 52.4. The highest BCUT2D eigenvalue weighted by molar-refractivity contribution is 6.00. The molecule has 29 heteroatoms. The van der Waals surface area contributed by atoms with Gasteiger partial charge < -0.3 is 61.1 Å². The van der Waals surface area contributed by atoms with Crippen molar-refractivity contribution in [1.82, 2.24) is 64.1 Å². The third-order valence-electron chi connectivity index (χ3n) is 16.4. The number of hydrogen-bond donors (Lipinski definition) is 8. The fourth-order valence-electron chi connectivity index (χ4n) is 11.8. The summed E-state index contributed by atoms with van der Waals surface area (Å²) in [5, 5.41) is 49.8. The van der Waals surface area contributed by atoms with Crippen molar-refractivity contribution < 1.29 is 48.3 Å². The van der Waals surface area contributed by atoms with E-state index in [-0.39, 0.29) is 46.0 Å². The number of amides is 2. The van der Waals surface area contributed by atoms with E-state index in [2.05, 4.69) is 84.0 Å². The van der Waals surface area contributed by atoms with E-state index in [4.69, 9.17) is 18.9 Å². The molecule has 4 fully saturated rings. The number of hydrogen-bond acceptors (Lipinski definition) is 22. The first-order valence-corrected chi connectivity index (χ1v) is 29.7. The second-order valence-electron chi connectivity index (χ2n) is 23.9. The van der Waals surface area contributed by atoms with E-state index in [0.717, 1.165) is 24.2 Å². The maximum atomic E-state index is 12.9. The number of fused-ring (bicyclic) bond motifs is 3. The van der Waals surface area contributed by atoms with Gasteiger partial charge in [0, 0.05) is 64.0 Å². The minimum atomic E-state index is -1.19. The molecule has 9 aromatic heterocycles. The minimum Gasteiger partial charge on any atom is -0.480 e. The standard InChI is InChI=1S/C21H25N7O2.C19H22N6O5.C14H14N6O3.C8H14/c1-22-17-9-16(26-15-5-3-8-23-20(15)30-2)27-18-14(12-24-28(17)18)19(29)25-13-10-21(11-13)6-4-7-21;1-19(2,3)30-18(28)24(4)14-9-13(22-12-7-6-8-20-16(12)29-5)23-15-11(17(26)27)10-21-25(14)15;1-15-11-6-10(18-9-4-3-5-16-13(9)23-2)19-12-8(14(21)22)7-17-20(11)12;1-7-5-8(6-7)3-2-4-8/h3,5,8-9,12-13,22H,4,6-7,10-11H2,1-2H3,(H,25,29)(H,26,27);6-10H,1-5H3,(H,22,23)(H,26,27);3-7,15H,1-2H3,(H,18,19)(H,21,22);7H,2-6H2,1H3. The highest BCUT2D eigenvalue weighted by Gasteiger charge is 2.49. The van der Waals surface area contributed by atoms with Crippen LogP contribution in [0.1, 0.15) is 123 Å². The van der Waals surface area contributed by atoms with Gasteiger partial charge in [0.05, 0.1) is 39.9 Å². The Morgan fingerprint density at radius 3 is 1.36 bits per heavy atom. The molecule has 4 aliphatic carbocycles. The van der Waals surface area contributed by atoms with Crippen LogP contribution in [0.3, 0.4) is 0 Å². The van der Waals surface area contributed by atoms with Crippen LogP contribution in [0.2, 0.25) is 0 Å². The molecule has 0 aromatic carbocycles. The summed E-state index contributed by atoms with van der Waals surface area (Å²) in [6.45, 7) is 7.63. The summed E-state index contributed by atoms with van der Waals surface area (Å²) in [5.41, 5.74) is 3.67. The lowest BCUT2D eigenvalue weighted by molar-refractivity contribution is -0.0161. The number of carbonyl (C=O) groups excluding carboxylic acids is 2. The van der Waals surface area contributed by atoms with Crippen LogP contribution in [0, 0.1) is 16.7 Å². The van der Waals surface area contributed by atoms with Gasteiger partial charge in [-0.25, -0.2) is 44.3 Å². The summed E-state index contributed by atoms with van der Waals surface area (Å²) in [6.07, 6.45) is 22.0. The number of methoxy groups -OCH3 is 3. The van der Waals surface area contributed by atoms with Crippen molar-refractivity contribution in [2.75, 3.05) is 74.0 Å². The Kier molecular flexibility index (Phi) is 18.5. The Bertz CT molecular complexity index is 4120. The first-order chi connectivity index (χ1) is 43.6. The van der Waals surface area contributed by atoms with Crippen molar-refractivity contribution in [3.63, 3.8) is 0 Å². The van der Waals surface area contributed by atoms with Crippen LogP contribution in [0.25, 0.3) is 16.9 Å². The van der Waals surface area contributed by atoms with Gasteiger partial charge in [-0.1, -0.05) is 19.8 Å². The van der Waals surface area contributed by atoms with Crippen LogP contribution in [-0.2, 0) is 4.74 Å². The number of anilines is 9. The smallest absolute Gasteiger partial charge is 0.415 e. The third-order valence-corrected chi connectivity index (χ3v) is 16.4. The van der Waals surface area contributed by atoms with Gasteiger partial charge in [-0.2, -0.15) is 28.8 Å². The average molecular weight is 1250 g/mol. The van der Waals surface area contributed by atoms with Crippen molar-refractivity contribution >= 4 is 92.8 Å². The monoisotopic (exact) mass is 1250 g/mol. The fourth-order valence-corrected chi connectivity index (χ4v) is 11.8. The van der Waals surface area contributed by atoms with Crippen LogP contribution in [0.15, 0.2) is 91.8 Å². The minimum absolute atomic E-state index is 0.0169. The van der Waals surface area contributed by atoms with E-state index < -0.39 is 23.6 Å². The molecule has 13 rings (SSSR count). The van der Waals surface area contributed by atoms with E-state index in [1.54, 1.807) is 133 Å². The largest absolute Gasteiger partial charge is 0.480 e. The number of ether oxygens (including phenoxy) is 4. The summed E-state index contributed by atoms with van der Waals surface area (Å²) in [5.74, 6) is 2.67. The highest BCUT2D eigenvalue weighted by Crippen LogP contribution is 2.58. The summed E-state index contributed by atoms with van der Waals surface area (Å²) >= 11 is 0. The molecular formula is C62H75N19O10. The number of nitrogens with one attached hydrogen (secondary N) is 6. The molecule has 4 saturated carbocycles. The van der Waals surface area contributed by atoms with Crippen LogP contribution in [0.4, 0.5) is 56.8 Å². The van der Waals surface area contributed by atoms with E-state index in [1.165, 1.54) is 73.3 Å². The highest BCUT2D eigenvalue weighted by atomic mass is 16.6. The molecule has 29 nitrogen and oxygen atoms in total. The molecule has 0 unspecified atom stereocenters. The quantitative estimate of drug-likeness (QED) is 0.0446. The molecule has 2 amide bonds. The normalized spacial score (nSPS) is 15.6. The maximum Gasteiger partial charge on any atom is 0.415 e. The molecule has 91 heavy (non-hydrogen) atoms. The molecule has 0 bridgehead atoms. The molecule has 4 aliphatic rings.